The third kappa shape index (κ3) is 3.46. The van der Waals surface area contributed by atoms with Crippen LogP contribution in [0.25, 0.3) is 0 Å². The first-order valence-corrected chi connectivity index (χ1v) is 6.78. The molecule has 0 aliphatic carbocycles. The second kappa shape index (κ2) is 6.49. The fourth-order valence-corrected chi connectivity index (χ4v) is 2.95. The summed E-state index contributed by atoms with van der Waals surface area (Å²) >= 11 is 0. The fourth-order valence-electron chi connectivity index (χ4n) is 2.95. The van der Waals surface area contributed by atoms with Gasteiger partial charge in [-0.3, -0.25) is 0 Å². The average Bonchev–Trinajstić information content (AvgIpc) is 2.33. The lowest BCUT2D eigenvalue weighted by atomic mass is 9.73. The van der Waals surface area contributed by atoms with Gasteiger partial charge in [-0.1, -0.05) is 20.8 Å². The highest BCUT2D eigenvalue weighted by Gasteiger charge is 2.35. The minimum Gasteiger partial charge on any atom is -0.317 e. The SMILES string of the molecule is CC.CCN1CCCC2(CCNCC2)C1. The van der Waals surface area contributed by atoms with Gasteiger partial charge in [0.05, 0.1) is 0 Å². The van der Waals surface area contributed by atoms with Crippen LogP contribution >= 0.6 is 0 Å². The Morgan fingerprint density at radius 1 is 1.13 bits per heavy atom. The molecule has 2 rings (SSSR count). The van der Waals surface area contributed by atoms with Crippen molar-refractivity contribution in [3.05, 3.63) is 0 Å². The number of hydrogen-bond acceptors (Lipinski definition) is 2. The van der Waals surface area contributed by atoms with E-state index in [9.17, 15) is 0 Å². The molecule has 2 heterocycles. The van der Waals surface area contributed by atoms with E-state index in [4.69, 9.17) is 0 Å². The summed E-state index contributed by atoms with van der Waals surface area (Å²) in [7, 11) is 0. The Hall–Kier alpha value is -0.0800. The molecule has 2 heteroatoms. The van der Waals surface area contributed by atoms with Crippen molar-refractivity contribution in [2.75, 3.05) is 32.7 Å². The monoisotopic (exact) mass is 212 g/mol. The maximum absolute atomic E-state index is 3.47. The van der Waals surface area contributed by atoms with Crippen LogP contribution in [-0.2, 0) is 0 Å². The van der Waals surface area contributed by atoms with Gasteiger partial charge in [-0.25, -0.2) is 0 Å². The number of rotatable bonds is 1. The molecule has 0 aromatic heterocycles. The lowest BCUT2D eigenvalue weighted by Crippen LogP contribution is -2.48. The highest BCUT2D eigenvalue weighted by Crippen LogP contribution is 2.37. The van der Waals surface area contributed by atoms with Crippen LogP contribution in [0.3, 0.4) is 0 Å². The molecule has 1 N–H and O–H groups in total. The van der Waals surface area contributed by atoms with Gasteiger partial charge >= 0.3 is 0 Å². The molecule has 2 fully saturated rings. The zero-order chi connectivity index (χ0) is 11.1. The topological polar surface area (TPSA) is 15.3 Å². The van der Waals surface area contributed by atoms with Gasteiger partial charge in [-0.2, -0.15) is 0 Å². The number of likely N-dealkylation sites (tertiary alicyclic amines) is 1. The van der Waals surface area contributed by atoms with E-state index in [2.05, 4.69) is 17.1 Å². The van der Waals surface area contributed by atoms with Crippen LogP contribution in [0.15, 0.2) is 0 Å². The van der Waals surface area contributed by atoms with Gasteiger partial charge in [0.15, 0.2) is 0 Å². The third-order valence-corrected chi connectivity index (χ3v) is 3.85. The Kier molecular flexibility index (Phi) is 5.62. The third-order valence-electron chi connectivity index (χ3n) is 3.85. The quantitative estimate of drug-likeness (QED) is 0.718. The lowest BCUT2D eigenvalue weighted by molar-refractivity contribution is 0.0630. The molecule has 2 aliphatic rings. The predicted octanol–water partition coefficient (Wildman–Crippen LogP) is 2.50. The molecule has 90 valence electrons. The summed E-state index contributed by atoms with van der Waals surface area (Å²) in [5, 5.41) is 3.47. The second-order valence-electron chi connectivity index (χ2n) is 4.72. The molecule has 0 radical (unpaired) electrons. The van der Waals surface area contributed by atoms with Gasteiger partial charge in [0.2, 0.25) is 0 Å². The molecule has 0 amide bonds. The van der Waals surface area contributed by atoms with Crippen molar-refractivity contribution < 1.29 is 0 Å². The molecule has 15 heavy (non-hydrogen) atoms. The van der Waals surface area contributed by atoms with Crippen LogP contribution in [0.4, 0.5) is 0 Å². The van der Waals surface area contributed by atoms with E-state index in [1.807, 2.05) is 13.8 Å². The van der Waals surface area contributed by atoms with Crippen LogP contribution in [0.2, 0.25) is 0 Å². The van der Waals surface area contributed by atoms with Crippen LogP contribution in [0, 0.1) is 5.41 Å². The fraction of sp³-hybridized carbons (Fsp3) is 1.00. The summed E-state index contributed by atoms with van der Waals surface area (Å²) < 4.78 is 0. The van der Waals surface area contributed by atoms with E-state index >= 15 is 0 Å². The largest absolute Gasteiger partial charge is 0.317 e. The summed E-state index contributed by atoms with van der Waals surface area (Å²) in [6, 6.07) is 0. The van der Waals surface area contributed by atoms with Crippen molar-refractivity contribution in [1.82, 2.24) is 10.2 Å². The molecule has 2 saturated heterocycles. The van der Waals surface area contributed by atoms with Gasteiger partial charge in [0.25, 0.3) is 0 Å². The molecule has 0 unspecified atom stereocenters. The first-order valence-electron chi connectivity index (χ1n) is 6.78. The van der Waals surface area contributed by atoms with Crippen LogP contribution in [0.1, 0.15) is 46.5 Å². The van der Waals surface area contributed by atoms with E-state index < -0.39 is 0 Å². The summed E-state index contributed by atoms with van der Waals surface area (Å²) in [6.45, 7) is 12.7. The minimum absolute atomic E-state index is 0.694. The summed E-state index contributed by atoms with van der Waals surface area (Å²) in [5.74, 6) is 0. The molecular weight excluding hydrogens is 184 g/mol. The van der Waals surface area contributed by atoms with E-state index in [0.717, 1.165) is 0 Å². The van der Waals surface area contributed by atoms with Crippen LogP contribution in [0.5, 0.6) is 0 Å². The maximum Gasteiger partial charge on any atom is 0.00388 e. The Morgan fingerprint density at radius 2 is 1.80 bits per heavy atom. The highest BCUT2D eigenvalue weighted by atomic mass is 15.1. The molecular formula is C13H28N2. The molecule has 0 bridgehead atoms. The Balaban J connectivity index is 0.000000531. The first-order chi connectivity index (χ1) is 7.35. The summed E-state index contributed by atoms with van der Waals surface area (Å²) in [4.78, 5) is 2.63. The van der Waals surface area contributed by atoms with E-state index in [0.29, 0.717) is 5.41 Å². The van der Waals surface area contributed by atoms with Crippen molar-refractivity contribution in [2.45, 2.75) is 46.5 Å². The summed E-state index contributed by atoms with van der Waals surface area (Å²) in [5.41, 5.74) is 0.694. The number of nitrogens with one attached hydrogen (secondary N) is 1. The van der Waals surface area contributed by atoms with Crippen molar-refractivity contribution >= 4 is 0 Å². The summed E-state index contributed by atoms with van der Waals surface area (Å²) in [6.07, 6.45) is 5.71. The predicted molar refractivity (Wildman–Crippen MR) is 67.2 cm³/mol. The van der Waals surface area contributed by atoms with Crippen molar-refractivity contribution in [1.29, 1.82) is 0 Å². The standard InChI is InChI=1S/C11H22N2.C2H6/c1-2-13-9-3-4-11(10-13)5-7-12-8-6-11;1-2/h12H,2-10H2,1H3;1-2H3. The second-order valence-corrected chi connectivity index (χ2v) is 4.72. The average molecular weight is 212 g/mol. The molecule has 1 spiro atoms. The lowest BCUT2D eigenvalue weighted by Gasteiger charge is -2.45. The first kappa shape index (κ1) is 13.0. The van der Waals surface area contributed by atoms with Gasteiger partial charge in [-0.05, 0) is 57.3 Å². The van der Waals surface area contributed by atoms with Crippen LogP contribution in [-0.4, -0.2) is 37.6 Å². The molecule has 0 atom stereocenters. The van der Waals surface area contributed by atoms with Crippen molar-refractivity contribution in [2.24, 2.45) is 5.41 Å². The van der Waals surface area contributed by atoms with E-state index in [1.54, 1.807) is 0 Å². The van der Waals surface area contributed by atoms with Gasteiger partial charge in [0.1, 0.15) is 0 Å². The smallest absolute Gasteiger partial charge is 0.00388 e. The van der Waals surface area contributed by atoms with Gasteiger partial charge in [0, 0.05) is 6.54 Å². The molecule has 0 saturated carbocycles. The number of nitrogens with zero attached hydrogens (tertiary/aromatic N) is 1. The molecule has 2 nitrogen and oxygen atoms in total. The Bertz CT molecular complexity index is 156. The van der Waals surface area contributed by atoms with Crippen molar-refractivity contribution in [3.63, 3.8) is 0 Å². The maximum atomic E-state index is 3.47. The molecule has 0 aromatic rings. The van der Waals surface area contributed by atoms with Gasteiger partial charge in [-0.15, -0.1) is 0 Å². The number of hydrogen-bond donors (Lipinski definition) is 1. The van der Waals surface area contributed by atoms with E-state index in [-0.39, 0.29) is 0 Å². The Labute approximate surface area is 95.4 Å². The molecule has 0 aromatic carbocycles. The van der Waals surface area contributed by atoms with Crippen LogP contribution < -0.4 is 5.32 Å². The molecule has 2 aliphatic heterocycles. The van der Waals surface area contributed by atoms with Gasteiger partial charge < -0.3 is 10.2 Å². The zero-order valence-electron chi connectivity index (χ0n) is 10.8. The number of piperidine rings is 2. The van der Waals surface area contributed by atoms with Crippen molar-refractivity contribution in [3.8, 4) is 0 Å². The normalized spacial score (nSPS) is 25.8. The highest BCUT2D eigenvalue weighted by molar-refractivity contribution is 4.90. The zero-order valence-corrected chi connectivity index (χ0v) is 10.8. The minimum atomic E-state index is 0.694. The Morgan fingerprint density at radius 3 is 2.40 bits per heavy atom. The van der Waals surface area contributed by atoms with E-state index in [1.165, 1.54) is 58.4 Å².